The smallest absolute Gasteiger partial charge is 0.251 e. The van der Waals surface area contributed by atoms with Crippen molar-refractivity contribution in [3.63, 3.8) is 0 Å². The van der Waals surface area contributed by atoms with E-state index in [0.717, 1.165) is 32.0 Å². The molecule has 1 unspecified atom stereocenters. The number of rotatable bonds is 8. The number of amides is 1. The van der Waals surface area contributed by atoms with E-state index in [1.54, 1.807) is 7.05 Å². The molecule has 1 aromatic carbocycles. The van der Waals surface area contributed by atoms with Crippen molar-refractivity contribution in [2.45, 2.75) is 32.2 Å². The molecular formula is C19H31N5O. The predicted molar refractivity (Wildman–Crippen MR) is 103 cm³/mol. The van der Waals surface area contributed by atoms with E-state index >= 15 is 0 Å². The summed E-state index contributed by atoms with van der Waals surface area (Å²) >= 11 is 0. The molecule has 1 atom stereocenters. The fraction of sp³-hybridized carbons (Fsp3) is 0.579. The van der Waals surface area contributed by atoms with Gasteiger partial charge in [-0.25, -0.2) is 0 Å². The Labute approximate surface area is 151 Å². The zero-order valence-electron chi connectivity index (χ0n) is 15.4. The molecule has 1 heterocycles. The number of likely N-dealkylation sites (N-methyl/N-ethyl adjacent to an activating group) is 1. The standard InChI is InChI=1S/C19H31N5O/c1-3-24-14-7-11-17(24)15-23-19(20-2)22-13-8-12-21-18(25)16-9-5-4-6-10-16/h4-6,9-10,17H,3,7-8,11-15H2,1-2H3,(H,21,25)(H2,20,22,23). The van der Waals surface area contributed by atoms with Crippen molar-refractivity contribution < 1.29 is 4.79 Å². The number of hydrogen-bond acceptors (Lipinski definition) is 3. The number of nitrogens with one attached hydrogen (secondary N) is 3. The van der Waals surface area contributed by atoms with Crippen LogP contribution in [0.4, 0.5) is 0 Å². The van der Waals surface area contributed by atoms with Crippen LogP contribution >= 0.6 is 0 Å². The van der Waals surface area contributed by atoms with Crippen LogP contribution in [0.1, 0.15) is 36.5 Å². The Balaban J connectivity index is 1.59. The van der Waals surface area contributed by atoms with E-state index in [1.807, 2.05) is 30.3 Å². The average molecular weight is 345 g/mol. The molecule has 138 valence electrons. The first-order valence-electron chi connectivity index (χ1n) is 9.26. The molecule has 1 aliphatic heterocycles. The summed E-state index contributed by atoms with van der Waals surface area (Å²) in [6, 6.07) is 9.90. The highest BCUT2D eigenvalue weighted by atomic mass is 16.1. The Bertz CT molecular complexity index is 546. The molecule has 3 N–H and O–H groups in total. The third-order valence-corrected chi connectivity index (χ3v) is 4.60. The van der Waals surface area contributed by atoms with Crippen LogP contribution in [0.15, 0.2) is 35.3 Å². The van der Waals surface area contributed by atoms with E-state index in [2.05, 4.69) is 32.8 Å². The lowest BCUT2D eigenvalue weighted by atomic mass is 10.2. The molecule has 6 nitrogen and oxygen atoms in total. The van der Waals surface area contributed by atoms with Crippen molar-refractivity contribution in [1.29, 1.82) is 0 Å². The van der Waals surface area contributed by atoms with Gasteiger partial charge in [-0.2, -0.15) is 0 Å². The molecular weight excluding hydrogens is 314 g/mol. The molecule has 0 aromatic heterocycles. The van der Waals surface area contributed by atoms with Crippen LogP contribution in [0, 0.1) is 0 Å². The maximum absolute atomic E-state index is 11.9. The summed E-state index contributed by atoms with van der Waals surface area (Å²) in [5.74, 6) is 0.807. The first kappa shape index (κ1) is 19.2. The summed E-state index contributed by atoms with van der Waals surface area (Å²) in [6.45, 7) is 6.88. The average Bonchev–Trinajstić information content (AvgIpc) is 3.12. The molecule has 1 aliphatic rings. The van der Waals surface area contributed by atoms with Gasteiger partial charge >= 0.3 is 0 Å². The van der Waals surface area contributed by atoms with Gasteiger partial charge in [0.05, 0.1) is 0 Å². The van der Waals surface area contributed by atoms with E-state index in [0.29, 0.717) is 18.2 Å². The summed E-state index contributed by atoms with van der Waals surface area (Å²) in [4.78, 5) is 18.7. The topological polar surface area (TPSA) is 68.8 Å². The van der Waals surface area contributed by atoms with Gasteiger partial charge in [0.1, 0.15) is 0 Å². The quantitative estimate of drug-likeness (QED) is 0.379. The van der Waals surface area contributed by atoms with Crippen LogP contribution in [-0.2, 0) is 0 Å². The minimum Gasteiger partial charge on any atom is -0.356 e. The first-order valence-corrected chi connectivity index (χ1v) is 9.26. The van der Waals surface area contributed by atoms with Crippen molar-refractivity contribution >= 4 is 11.9 Å². The van der Waals surface area contributed by atoms with Gasteiger partial charge in [-0.3, -0.25) is 14.7 Å². The number of likely N-dealkylation sites (tertiary alicyclic amines) is 1. The van der Waals surface area contributed by atoms with Gasteiger partial charge in [0, 0.05) is 38.3 Å². The van der Waals surface area contributed by atoms with Gasteiger partial charge in [-0.05, 0) is 44.5 Å². The summed E-state index contributed by atoms with van der Waals surface area (Å²) < 4.78 is 0. The van der Waals surface area contributed by atoms with Crippen LogP contribution < -0.4 is 16.0 Å². The second-order valence-corrected chi connectivity index (χ2v) is 6.28. The number of carbonyl (C=O) groups excluding carboxylic acids is 1. The molecule has 0 aliphatic carbocycles. The maximum atomic E-state index is 11.9. The van der Waals surface area contributed by atoms with Crippen LogP contribution in [0.25, 0.3) is 0 Å². The summed E-state index contributed by atoms with van der Waals surface area (Å²) in [7, 11) is 1.79. The van der Waals surface area contributed by atoms with Gasteiger partial charge in [-0.1, -0.05) is 25.1 Å². The number of guanidine groups is 1. The van der Waals surface area contributed by atoms with E-state index < -0.39 is 0 Å². The van der Waals surface area contributed by atoms with Gasteiger partial charge in [0.15, 0.2) is 5.96 Å². The van der Waals surface area contributed by atoms with Crippen LogP contribution in [0.5, 0.6) is 0 Å². The number of nitrogens with zero attached hydrogens (tertiary/aromatic N) is 2. The van der Waals surface area contributed by atoms with Gasteiger partial charge in [0.2, 0.25) is 0 Å². The van der Waals surface area contributed by atoms with E-state index in [4.69, 9.17) is 0 Å². The van der Waals surface area contributed by atoms with Crippen molar-refractivity contribution in [2.75, 3.05) is 39.8 Å². The molecule has 1 fully saturated rings. The number of hydrogen-bond donors (Lipinski definition) is 3. The Kier molecular flexibility index (Phi) is 8.25. The third kappa shape index (κ3) is 6.38. The summed E-state index contributed by atoms with van der Waals surface area (Å²) in [5, 5.41) is 9.65. The Hall–Kier alpha value is -2.08. The van der Waals surface area contributed by atoms with Crippen molar-refractivity contribution in [2.24, 2.45) is 4.99 Å². The molecule has 1 aromatic rings. The second-order valence-electron chi connectivity index (χ2n) is 6.28. The number of aliphatic imine (C=N–C) groups is 1. The summed E-state index contributed by atoms with van der Waals surface area (Å²) in [5.41, 5.74) is 0.699. The number of carbonyl (C=O) groups is 1. The van der Waals surface area contributed by atoms with Crippen molar-refractivity contribution in [3.05, 3.63) is 35.9 Å². The minimum absolute atomic E-state index is 0.0241. The SMILES string of the molecule is CCN1CCCC1CNC(=NC)NCCCNC(=O)c1ccccc1. The molecule has 0 radical (unpaired) electrons. The Morgan fingerprint density at radius 2 is 1.96 bits per heavy atom. The molecule has 0 saturated carbocycles. The normalized spacial score (nSPS) is 18.2. The van der Waals surface area contributed by atoms with E-state index in [9.17, 15) is 4.79 Å². The minimum atomic E-state index is -0.0241. The lowest BCUT2D eigenvalue weighted by Crippen LogP contribution is -2.45. The lowest BCUT2D eigenvalue weighted by molar-refractivity contribution is 0.0953. The maximum Gasteiger partial charge on any atom is 0.251 e. The molecule has 0 bridgehead atoms. The highest BCUT2D eigenvalue weighted by Crippen LogP contribution is 2.15. The predicted octanol–water partition coefficient (Wildman–Crippen LogP) is 1.46. The van der Waals surface area contributed by atoms with Gasteiger partial charge < -0.3 is 16.0 Å². The molecule has 0 spiro atoms. The largest absolute Gasteiger partial charge is 0.356 e. The van der Waals surface area contributed by atoms with Crippen molar-refractivity contribution in [3.8, 4) is 0 Å². The monoisotopic (exact) mass is 345 g/mol. The number of benzene rings is 1. The molecule has 1 amide bonds. The van der Waals surface area contributed by atoms with E-state index in [1.165, 1.54) is 19.4 Å². The van der Waals surface area contributed by atoms with Crippen molar-refractivity contribution in [1.82, 2.24) is 20.9 Å². The Morgan fingerprint density at radius 3 is 2.68 bits per heavy atom. The third-order valence-electron chi connectivity index (χ3n) is 4.60. The molecule has 6 heteroatoms. The highest BCUT2D eigenvalue weighted by Gasteiger charge is 2.22. The first-order chi connectivity index (χ1) is 12.2. The zero-order valence-corrected chi connectivity index (χ0v) is 15.4. The van der Waals surface area contributed by atoms with Gasteiger partial charge in [0.25, 0.3) is 5.91 Å². The van der Waals surface area contributed by atoms with Crippen LogP contribution in [0.3, 0.4) is 0 Å². The van der Waals surface area contributed by atoms with E-state index in [-0.39, 0.29) is 5.91 Å². The highest BCUT2D eigenvalue weighted by molar-refractivity contribution is 5.94. The molecule has 2 rings (SSSR count). The Morgan fingerprint density at radius 1 is 1.20 bits per heavy atom. The second kappa shape index (κ2) is 10.7. The zero-order chi connectivity index (χ0) is 17.9. The molecule has 25 heavy (non-hydrogen) atoms. The molecule has 1 saturated heterocycles. The fourth-order valence-electron chi connectivity index (χ4n) is 3.17. The lowest BCUT2D eigenvalue weighted by Gasteiger charge is -2.24. The van der Waals surface area contributed by atoms with Crippen LogP contribution in [0.2, 0.25) is 0 Å². The fourth-order valence-corrected chi connectivity index (χ4v) is 3.17. The summed E-state index contributed by atoms with van der Waals surface area (Å²) in [6.07, 6.45) is 3.39. The van der Waals surface area contributed by atoms with Crippen LogP contribution in [-0.4, -0.2) is 62.6 Å². The van der Waals surface area contributed by atoms with Gasteiger partial charge in [-0.15, -0.1) is 0 Å².